The molecule has 0 amide bonds. The lowest BCUT2D eigenvalue weighted by molar-refractivity contribution is -0.303. The summed E-state index contributed by atoms with van der Waals surface area (Å²) in [5.41, 5.74) is 0. The van der Waals surface area contributed by atoms with Crippen molar-refractivity contribution in [3.63, 3.8) is 0 Å². The third-order valence-electron chi connectivity index (χ3n) is 3.07. The highest BCUT2D eigenvalue weighted by molar-refractivity contribution is 8.13. The van der Waals surface area contributed by atoms with E-state index in [0.29, 0.717) is 5.75 Å². The summed E-state index contributed by atoms with van der Waals surface area (Å²) in [7, 11) is 0. The topological polar surface area (TPSA) is 129 Å². The van der Waals surface area contributed by atoms with Crippen molar-refractivity contribution >= 4 is 28.8 Å². The Balaban J connectivity index is 2.72. The van der Waals surface area contributed by atoms with E-state index in [0.717, 1.165) is 18.7 Å². The molecule has 10 heteroatoms. The van der Waals surface area contributed by atoms with Crippen LogP contribution in [0, 0.1) is 0 Å². The summed E-state index contributed by atoms with van der Waals surface area (Å²) in [5, 5.41) is 20.1. The van der Waals surface area contributed by atoms with Gasteiger partial charge in [0.2, 0.25) is 0 Å². The van der Waals surface area contributed by atoms with E-state index in [2.05, 4.69) is 0 Å². The molecule has 1 saturated heterocycles. The normalized spacial score (nSPS) is 29.8. The molecule has 9 nitrogen and oxygen atoms in total. The quantitative estimate of drug-likeness (QED) is 0.437. The summed E-state index contributed by atoms with van der Waals surface area (Å²) < 4.78 is 20.6. The number of hydrogen-bond donors (Lipinski definition) is 2. The number of rotatable bonds is 7. The van der Waals surface area contributed by atoms with Crippen molar-refractivity contribution in [2.75, 3.05) is 19.0 Å². The number of thioether (sulfide) groups is 1. The van der Waals surface area contributed by atoms with Crippen molar-refractivity contribution in [2.24, 2.45) is 0 Å². The highest BCUT2D eigenvalue weighted by atomic mass is 32.2. The molecule has 1 rings (SSSR count). The molecule has 0 aromatic rings. The second-order valence-electron chi connectivity index (χ2n) is 5.11. The van der Waals surface area contributed by atoms with Gasteiger partial charge in [-0.1, -0.05) is 11.8 Å². The molecule has 0 bridgehead atoms. The largest absolute Gasteiger partial charge is 0.463 e. The smallest absolute Gasteiger partial charge is 0.303 e. The van der Waals surface area contributed by atoms with Gasteiger partial charge in [-0.2, -0.15) is 0 Å². The number of ether oxygens (including phenoxy) is 4. The monoisotopic (exact) mass is 366 g/mol. The second-order valence-corrected chi connectivity index (χ2v) is 6.38. The summed E-state index contributed by atoms with van der Waals surface area (Å²) in [6.45, 7) is 3.56. The van der Waals surface area contributed by atoms with Crippen molar-refractivity contribution in [2.45, 2.75) is 51.5 Å². The maximum absolute atomic E-state index is 11.2. The van der Waals surface area contributed by atoms with Crippen molar-refractivity contribution in [1.29, 1.82) is 0 Å². The first-order chi connectivity index (χ1) is 11.2. The number of esters is 2. The zero-order chi connectivity index (χ0) is 18.3. The van der Waals surface area contributed by atoms with E-state index in [1.54, 1.807) is 0 Å². The Bertz CT molecular complexity index is 454. The van der Waals surface area contributed by atoms with Gasteiger partial charge in [0.15, 0.2) is 17.5 Å². The summed E-state index contributed by atoms with van der Waals surface area (Å²) >= 11 is 1.04. The van der Waals surface area contributed by atoms with Crippen LogP contribution in [0.15, 0.2) is 0 Å². The first kappa shape index (κ1) is 20.8. The minimum absolute atomic E-state index is 0.0807. The predicted octanol–water partition coefficient (Wildman–Crippen LogP) is -0.776. The van der Waals surface area contributed by atoms with Gasteiger partial charge in [0.1, 0.15) is 24.9 Å². The second kappa shape index (κ2) is 9.94. The fourth-order valence-electron chi connectivity index (χ4n) is 2.04. The highest BCUT2D eigenvalue weighted by Crippen LogP contribution is 2.25. The Kier molecular flexibility index (Phi) is 8.63. The highest BCUT2D eigenvalue weighted by Gasteiger charge is 2.47. The zero-order valence-electron chi connectivity index (χ0n) is 13.7. The third kappa shape index (κ3) is 6.73. The lowest BCUT2D eigenvalue weighted by atomic mass is 9.99. The van der Waals surface area contributed by atoms with E-state index in [9.17, 15) is 24.6 Å². The van der Waals surface area contributed by atoms with Crippen LogP contribution in [-0.4, -0.2) is 76.9 Å². The lowest BCUT2D eigenvalue weighted by Gasteiger charge is -2.41. The van der Waals surface area contributed by atoms with Gasteiger partial charge in [-0.3, -0.25) is 14.4 Å². The summed E-state index contributed by atoms with van der Waals surface area (Å²) in [6, 6.07) is 0. The van der Waals surface area contributed by atoms with Crippen LogP contribution in [0.25, 0.3) is 0 Å². The van der Waals surface area contributed by atoms with E-state index in [1.165, 1.54) is 13.8 Å². The number of hydrogen-bond acceptors (Lipinski definition) is 10. The van der Waals surface area contributed by atoms with Gasteiger partial charge in [-0.05, 0) is 0 Å². The van der Waals surface area contributed by atoms with Crippen molar-refractivity contribution in [1.82, 2.24) is 0 Å². The number of carbonyl (C=O) groups is 3. The molecule has 0 radical (unpaired) electrons. The molecule has 0 spiro atoms. The molecule has 1 aliphatic rings. The van der Waals surface area contributed by atoms with E-state index in [-0.39, 0.29) is 18.3 Å². The predicted molar refractivity (Wildman–Crippen MR) is 82.0 cm³/mol. The standard InChI is InChI=1S/C14H22O9S/c1-7(15)21-6-10-11(18)12(19)13(22-8(2)16)14(23-10)20-4-5-24-9(3)17/h10-14,18-19H,4-6H2,1-3H3. The molecule has 2 N–H and O–H groups in total. The summed E-state index contributed by atoms with van der Waals surface area (Å²) in [5.74, 6) is -0.910. The fraction of sp³-hybridized carbons (Fsp3) is 0.786. The number of aliphatic hydroxyl groups excluding tert-OH is 2. The fourth-order valence-corrected chi connectivity index (χ4v) is 2.51. The first-order valence-electron chi connectivity index (χ1n) is 7.29. The van der Waals surface area contributed by atoms with Crippen LogP contribution < -0.4 is 0 Å². The zero-order valence-corrected chi connectivity index (χ0v) is 14.5. The Morgan fingerprint density at radius 1 is 1.08 bits per heavy atom. The van der Waals surface area contributed by atoms with Gasteiger partial charge < -0.3 is 29.2 Å². The molecule has 1 aliphatic heterocycles. The maximum atomic E-state index is 11.2. The molecule has 1 fully saturated rings. The molecule has 0 aromatic heterocycles. The number of aliphatic hydroxyl groups is 2. The van der Waals surface area contributed by atoms with Gasteiger partial charge in [0.05, 0.1) is 6.61 Å². The molecule has 5 unspecified atom stereocenters. The minimum Gasteiger partial charge on any atom is -0.463 e. The molecule has 1 heterocycles. The average Bonchev–Trinajstić information content (AvgIpc) is 2.48. The van der Waals surface area contributed by atoms with Gasteiger partial charge in [0.25, 0.3) is 0 Å². The lowest BCUT2D eigenvalue weighted by Crippen LogP contribution is -2.60. The minimum atomic E-state index is -1.48. The molecule has 0 aliphatic carbocycles. The molecule has 0 aromatic carbocycles. The Morgan fingerprint density at radius 2 is 1.75 bits per heavy atom. The Hall–Kier alpha value is -1.20. The van der Waals surface area contributed by atoms with Crippen LogP contribution in [0.1, 0.15) is 20.8 Å². The Morgan fingerprint density at radius 3 is 2.29 bits per heavy atom. The van der Waals surface area contributed by atoms with Crippen molar-refractivity contribution < 1.29 is 43.5 Å². The van der Waals surface area contributed by atoms with Crippen LogP contribution in [0.3, 0.4) is 0 Å². The van der Waals surface area contributed by atoms with Gasteiger partial charge >= 0.3 is 11.9 Å². The molecular weight excluding hydrogens is 344 g/mol. The van der Waals surface area contributed by atoms with E-state index in [4.69, 9.17) is 18.9 Å². The van der Waals surface area contributed by atoms with Crippen molar-refractivity contribution in [3.8, 4) is 0 Å². The van der Waals surface area contributed by atoms with Gasteiger partial charge in [-0.25, -0.2) is 0 Å². The third-order valence-corrected chi connectivity index (χ3v) is 3.85. The summed E-state index contributed by atoms with van der Waals surface area (Å²) in [6.07, 6.45) is -6.36. The summed E-state index contributed by atoms with van der Waals surface area (Å²) in [4.78, 5) is 33.0. The maximum Gasteiger partial charge on any atom is 0.303 e. The van der Waals surface area contributed by atoms with Crippen LogP contribution >= 0.6 is 11.8 Å². The molecule has 0 saturated carbocycles. The molecule has 24 heavy (non-hydrogen) atoms. The average molecular weight is 366 g/mol. The van der Waals surface area contributed by atoms with E-state index >= 15 is 0 Å². The van der Waals surface area contributed by atoms with Crippen LogP contribution in [-0.2, 0) is 33.3 Å². The molecule has 138 valence electrons. The molecule has 5 atom stereocenters. The first-order valence-corrected chi connectivity index (χ1v) is 8.28. The van der Waals surface area contributed by atoms with Crippen LogP contribution in [0.5, 0.6) is 0 Å². The van der Waals surface area contributed by atoms with Crippen LogP contribution in [0.2, 0.25) is 0 Å². The van der Waals surface area contributed by atoms with E-state index in [1.807, 2.05) is 0 Å². The SMILES string of the molecule is CC(=O)OCC1OC(OCCSC(C)=O)C(OC(C)=O)C(O)C1O. The van der Waals surface area contributed by atoms with Gasteiger partial charge in [-0.15, -0.1) is 0 Å². The van der Waals surface area contributed by atoms with Gasteiger partial charge in [0, 0.05) is 26.5 Å². The number of carbonyl (C=O) groups excluding carboxylic acids is 3. The Labute approximate surface area is 143 Å². The van der Waals surface area contributed by atoms with Crippen LogP contribution in [0.4, 0.5) is 0 Å². The van der Waals surface area contributed by atoms with E-state index < -0.39 is 42.6 Å². The molecular formula is C14H22O9S. The van der Waals surface area contributed by atoms with Crippen molar-refractivity contribution in [3.05, 3.63) is 0 Å².